The van der Waals surface area contributed by atoms with Gasteiger partial charge in [-0.2, -0.15) is 0 Å². The summed E-state index contributed by atoms with van der Waals surface area (Å²) in [5.41, 5.74) is 10.7. The molecule has 2 heteroatoms. The first kappa shape index (κ1) is 12.6. The standard InChI is InChI=1S/C15H24N2/c1-12-4-5-13(2)14(10-12)6-7-15(16)8-9-17(3)11-15/h4-5,10H,6-9,11,16H2,1-3H3. The third-order valence-corrected chi connectivity index (χ3v) is 3.97. The van der Waals surface area contributed by atoms with E-state index in [1.807, 2.05) is 0 Å². The highest BCUT2D eigenvalue weighted by molar-refractivity contribution is 5.30. The molecule has 1 unspecified atom stereocenters. The molecule has 1 aromatic carbocycles. The van der Waals surface area contributed by atoms with Crippen LogP contribution in [0.4, 0.5) is 0 Å². The Kier molecular flexibility index (Phi) is 3.55. The van der Waals surface area contributed by atoms with Crippen molar-refractivity contribution in [2.45, 2.75) is 38.6 Å². The van der Waals surface area contributed by atoms with Gasteiger partial charge in [0.05, 0.1) is 0 Å². The molecule has 0 amide bonds. The van der Waals surface area contributed by atoms with Gasteiger partial charge >= 0.3 is 0 Å². The molecule has 0 spiro atoms. The quantitative estimate of drug-likeness (QED) is 0.866. The van der Waals surface area contributed by atoms with Gasteiger partial charge in [0, 0.05) is 12.1 Å². The third kappa shape index (κ3) is 3.08. The van der Waals surface area contributed by atoms with Gasteiger partial charge in [0.1, 0.15) is 0 Å². The first-order valence-corrected chi connectivity index (χ1v) is 6.52. The first-order chi connectivity index (χ1) is 7.98. The van der Waals surface area contributed by atoms with E-state index in [0.29, 0.717) is 0 Å². The molecule has 2 nitrogen and oxygen atoms in total. The molecule has 0 bridgehead atoms. The SMILES string of the molecule is Cc1ccc(C)c(CCC2(N)CCN(C)C2)c1. The van der Waals surface area contributed by atoms with E-state index in [2.05, 4.69) is 44.0 Å². The summed E-state index contributed by atoms with van der Waals surface area (Å²) < 4.78 is 0. The van der Waals surface area contributed by atoms with E-state index in [0.717, 1.165) is 32.4 Å². The maximum absolute atomic E-state index is 6.44. The number of nitrogens with two attached hydrogens (primary N) is 1. The number of likely N-dealkylation sites (N-methyl/N-ethyl adjacent to an activating group) is 1. The largest absolute Gasteiger partial charge is 0.324 e. The van der Waals surface area contributed by atoms with Crippen molar-refractivity contribution in [3.8, 4) is 0 Å². The summed E-state index contributed by atoms with van der Waals surface area (Å²) in [6.45, 7) is 6.53. The summed E-state index contributed by atoms with van der Waals surface area (Å²) in [6.07, 6.45) is 3.34. The van der Waals surface area contributed by atoms with Crippen molar-refractivity contribution in [2.24, 2.45) is 5.73 Å². The van der Waals surface area contributed by atoms with Gasteiger partial charge in [-0.05, 0) is 57.8 Å². The smallest absolute Gasteiger partial charge is 0.0298 e. The molecule has 17 heavy (non-hydrogen) atoms. The van der Waals surface area contributed by atoms with Crippen molar-refractivity contribution in [1.29, 1.82) is 0 Å². The van der Waals surface area contributed by atoms with Crippen LogP contribution in [0.2, 0.25) is 0 Å². The Morgan fingerprint density at radius 2 is 2.12 bits per heavy atom. The molecule has 0 aliphatic carbocycles. The molecule has 0 saturated carbocycles. The van der Waals surface area contributed by atoms with Gasteiger partial charge in [-0.3, -0.25) is 0 Å². The number of likely N-dealkylation sites (tertiary alicyclic amines) is 1. The molecule has 2 N–H and O–H groups in total. The lowest BCUT2D eigenvalue weighted by molar-refractivity contribution is 0.354. The second kappa shape index (κ2) is 4.79. The minimum Gasteiger partial charge on any atom is -0.324 e. The van der Waals surface area contributed by atoms with Crippen LogP contribution in [0.3, 0.4) is 0 Å². The molecule has 0 radical (unpaired) electrons. The van der Waals surface area contributed by atoms with Gasteiger partial charge in [-0.25, -0.2) is 0 Å². The first-order valence-electron chi connectivity index (χ1n) is 6.52. The lowest BCUT2D eigenvalue weighted by Gasteiger charge is -2.24. The van der Waals surface area contributed by atoms with Crippen molar-refractivity contribution in [1.82, 2.24) is 4.90 Å². The maximum Gasteiger partial charge on any atom is 0.0298 e. The second-order valence-electron chi connectivity index (χ2n) is 5.78. The van der Waals surface area contributed by atoms with E-state index in [4.69, 9.17) is 5.73 Å². The van der Waals surface area contributed by atoms with E-state index < -0.39 is 0 Å². The van der Waals surface area contributed by atoms with E-state index in [1.165, 1.54) is 16.7 Å². The minimum atomic E-state index is 0.0327. The summed E-state index contributed by atoms with van der Waals surface area (Å²) in [5, 5.41) is 0. The maximum atomic E-state index is 6.44. The highest BCUT2D eigenvalue weighted by Gasteiger charge is 2.32. The Hall–Kier alpha value is -0.860. The van der Waals surface area contributed by atoms with Crippen molar-refractivity contribution in [2.75, 3.05) is 20.1 Å². The van der Waals surface area contributed by atoms with E-state index >= 15 is 0 Å². The van der Waals surface area contributed by atoms with Gasteiger partial charge in [-0.1, -0.05) is 23.8 Å². The van der Waals surface area contributed by atoms with Crippen LogP contribution in [-0.2, 0) is 6.42 Å². The van der Waals surface area contributed by atoms with Crippen molar-refractivity contribution < 1.29 is 0 Å². The highest BCUT2D eigenvalue weighted by atomic mass is 15.2. The van der Waals surface area contributed by atoms with Crippen molar-refractivity contribution in [3.05, 3.63) is 34.9 Å². The lowest BCUT2D eigenvalue weighted by Crippen LogP contribution is -2.42. The van der Waals surface area contributed by atoms with Crippen LogP contribution >= 0.6 is 0 Å². The third-order valence-electron chi connectivity index (χ3n) is 3.97. The normalized spacial score (nSPS) is 25.4. The molecular formula is C15H24N2. The Bertz CT molecular complexity index is 400. The van der Waals surface area contributed by atoms with Crippen molar-refractivity contribution >= 4 is 0 Å². The molecule has 0 aromatic heterocycles. The predicted octanol–water partition coefficient (Wildman–Crippen LogP) is 2.27. The Balaban J connectivity index is 2.00. The molecule has 1 aromatic rings. The van der Waals surface area contributed by atoms with Crippen LogP contribution in [0, 0.1) is 13.8 Å². The number of rotatable bonds is 3. The topological polar surface area (TPSA) is 29.3 Å². The van der Waals surface area contributed by atoms with Crippen LogP contribution in [-0.4, -0.2) is 30.6 Å². The van der Waals surface area contributed by atoms with Crippen LogP contribution in [0.15, 0.2) is 18.2 Å². The van der Waals surface area contributed by atoms with Gasteiger partial charge in [0.2, 0.25) is 0 Å². The average molecular weight is 232 g/mol. The van der Waals surface area contributed by atoms with Crippen LogP contribution in [0.5, 0.6) is 0 Å². The van der Waals surface area contributed by atoms with Crippen molar-refractivity contribution in [3.63, 3.8) is 0 Å². The second-order valence-corrected chi connectivity index (χ2v) is 5.78. The van der Waals surface area contributed by atoms with E-state index in [1.54, 1.807) is 0 Å². The summed E-state index contributed by atoms with van der Waals surface area (Å²) >= 11 is 0. The van der Waals surface area contributed by atoms with Gasteiger partial charge in [-0.15, -0.1) is 0 Å². The zero-order valence-electron chi connectivity index (χ0n) is 11.3. The van der Waals surface area contributed by atoms with E-state index in [-0.39, 0.29) is 5.54 Å². The molecule has 1 saturated heterocycles. The summed E-state index contributed by atoms with van der Waals surface area (Å²) in [7, 11) is 2.16. The molecule has 1 heterocycles. The number of nitrogens with zero attached hydrogens (tertiary/aromatic N) is 1. The zero-order valence-corrected chi connectivity index (χ0v) is 11.3. The molecule has 1 aliphatic heterocycles. The van der Waals surface area contributed by atoms with E-state index in [9.17, 15) is 0 Å². The molecule has 2 rings (SSSR count). The minimum absolute atomic E-state index is 0.0327. The Morgan fingerprint density at radius 3 is 2.76 bits per heavy atom. The fourth-order valence-corrected chi connectivity index (χ4v) is 2.77. The fourth-order valence-electron chi connectivity index (χ4n) is 2.77. The molecule has 1 fully saturated rings. The molecule has 1 aliphatic rings. The summed E-state index contributed by atoms with van der Waals surface area (Å²) in [6, 6.07) is 6.70. The van der Waals surface area contributed by atoms with Crippen LogP contribution in [0.25, 0.3) is 0 Å². The van der Waals surface area contributed by atoms with Crippen LogP contribution < -0.4 is 5.73 Å². The van der Waals surface area contributed by atoms with Crippen LogP contribution in [0.1, 0.15) is 29.5 Å². The summed E-state index contributed by atoms with van der Waals surface area (Å²) in [5.74, 6) is 0. The van der Waals surface area contributed by atoms with Gasteiger partial charge in [0.25, 0.3) is 0 Å². The Labute approximate surface area is 105 Å². The summed E-state index contributed by atoms with van der Waals surface area (Å²) in [4.78, 5) is 2.34. The Morgan fingerprint density at radius 1 is 1.35 bits per heavy atom. The number of hydrogen-bond acceptors (Lipinski definition) is 2. The number of hydrogen-bond donors (Lipinski definition) is 1. The zero-order chi connectivity index (χ0) is 12.5. The monoisotopic (exact) mass is 232 g/mol. The number of benzene rings is 1. The highest BCUT2D eigenvalue weighted by Crippen LogP contribution is 2.24. The van der Waals surface area contributed by atoms with Gasteiger partial charge in [0.15, 0.2) is 0 Å². The number of aryl methyl sites for hydroxylation is 3. The molecule has 1 atom stereocenters. The fraction of sp³-hybridized carbons (Fsp3) is 0.600. The predicted molar refractivity (Wildman–Crippen MR) is 73.3 cm³/mol. The molecular weight excluding hydrogens is 208 g/mol. The molecule has 94 valence electrons. The lowest BCUT2D eigenvalue weighted by atomic mass is 9.90. The van der Waals surface area contributed by atoms with Gasteiger partial charge < -0.3 is 10.6 Å². The average Bonchev–Trinajstić information content (AvgIpc) is 2.61.